The van der Waals surface area contributed by atoms with Crippen molar-refractivity contribution < 1.29 is 19.7 Å². The van der Waals surface area contributed by atoms with Gasteiger partial charge in [0.05, 0.1) is 6.61 Å². The topological polar surface area (TPSA) is 78.8 Å². The van der Waals surface area contributed by atoms with E-state index in [1.807, 2.05) is 0 Å². The second-order valence-corrected chi connectivity index (χ2v) is 4.18. The zero-order chi connectivity index (χ0) is 10.2. The summed E-state index contributed by atoms with van der Waals surface area (Å²) in [7, 11) is 0. The molecule has 2 aliphatic heterocycles. The van der Waals surface area contributed by atoms with Gasteiger partial charge in [0.2, 0.25) is 0 Å². The van der Waals surface area contributed by atoms with Crippen molar-refractivity contribution in [3.05, 3.63) is 0 Å². The Hall–Kier alpha value is -0.650. The molecule has 0 aromatic rings. The van der Waals surface area contributed by atoms with Crippen LogP contribution in [0.15, 0.2) is 0 Å². The summed E-state index contributed by atoms with van der Waals surface area (Å²) in [5.41, 5.74) is -2.23. The fraction of sp³-hybridized carbons (Fsp3) is 0.889. The number of aliphatic hydroxyl groups is 1. The zero-order valence-corrected chi connectivity index (χ0v) is 7.95. The molecule has 2 fully saturated rings. The van der Waals surface area contributed by atoms with E-state index in [1.165, 1.54) is 0 Å². The minimum absolute atomic E-state index is 0.126. The van der Waals surface area contributed by atoms with Crippen LogP contribution in [-0.2, 0) is 9.53 Å². The molecule has 1 atom stereocenters. The quantitative estimate of drug-likeness (QED) is 0.545. The lowest BCUT2D eigenvalue weighted by atomic mass is 9.65. The third-order valence-electron chi connectivity index (χ3n) is 3.38. The van der Waals surface area contributed by atoms with Gasteiger partial charge in [-0.05, 0) is 12.8 Å². The van der Waals surface area contributed by atoms with Gasteiger partial charge in [0, 0.05) is 19.7 Å². The lowest BCUT2D eigenvalue weighted by molar-refractivity contribution is -0.199. The molecule has 0 bridgehead atoms. The molecular weight excluding hydrogens is 186 g/mol. The van der Waals surface area contributed by atoms with Gasteiger partial charge in [-0.15, -0.1) is 0 Å². The highest BCUT2D eigenvalue weighted by molar-refractivity contribution is 5.77. The van der Waals surface area contributed by atoms with Crippen molar-refractivity contribution >= 4 is 5.97 Å². The summed E-state index contributed by atoms with van der Waals surface area (Å²) in [6.45, 7) is 1.42. The SMILES string of the molecule is O=C(O)C1(C2(O)CNC2)CCCOC1. The highest BCUT2D eigenvalue weighted by Crippen LogP contribution is 2.41. The van der Waals surface area contributed by atoms with Gasteiger partial charge in [-0.25, -0.2) is 0 Å². The Balaban J connectivity index is 2.24. The first-order valence-corrected chi connectivity index (χ1v) is 4.85. The average molecular weight is 201 g/mol. The number of carboxylic acid groups (broad SMARTS) is 1. The van der Waals surface area contributed by atoms with E-state index < -0.39 is 17.0 Å². The van der Waals surface area contributed by atoms with E-state index >= 15 is 0 Å². The number of hydrogen-bond acceptors (Lipinski definition) is 4. The zero-order valence-electron chi connectivity index (χ0n) is 7.95. The van der Waals surface area contributed by atoms with Crippen LogP contribution in [0.5, 0.6) is 0 Å². The van der Waals surface area contributed by atoms with Crippen molar-refractivity contribution in [3.63, 3.8) is 0 Å². The first-order chi connectivity index (χ1) is 6.61. The van der Waals surface area contributed by atoms with E-state index in [-0.39, 0.29) is 6.61 Å². The van der Waals surface area contributed by atoms with Crippen molar-refractivity contribution in [1.29, 1.82) is 0 Å². The number of hydrogen-bond donors (Lipinski definition) is 3. The van der Waals surface area contributed by atoms with Crippen LogP contribution in [0, 0.1) is 5.41 Å². The summed E-state index contributed by atoms with van der Waals surface area (Å²) in [6, 6.07) is 0. The van der Waals surface area contributed by atoms with Gasteiger partial charge < -0.3 is 20.3 Å². The van der Waals surface area contributed by atoms with Gasteiger partial charge >= 0.3 is 5.97 Å². The predicted octanol–water partition coefficient (Wildman–Crippen LogP) is -0.798. The molecule has 5 heteroatoms. The molecule has 3 N–H and O–H groups in total. The standard InChI is InChI=1S/C9H15NO4/c11-7(12)8(2-1-3-14-6-8)9(13)4-10-5-9/h10,13H,1-6H2,(H,11,12). The molecule has 2 rings (SSSR count). The molecule has 2 heterocycles. The number of rotatable bonds is 2. The van der Waals surface area contributed by atoms with Crippen molar-refractivity contribution in [2.45, 2.75) is 18.4 Å². The predicted molar refractivity (Wildman–Crippen MR) is 47.9 cm³/mol. The molecule has 2 aliphatic rings. The van der Waals surface area contributed by atoms with Gasteiger partial charge in [-0.3, -0.25) is 4.79 Å². The Labute approximate surface area is 82.1 Å². The fourth-order valence-electron chi connectivity index (χ4n) is 2.23. The van der Waals surface area contributed by atoms with Crippen LogP contribution in [0.25, 0.3) is 0 Å². The van der Waals surface area contributed by atoms with Gasteiger partial charge in [-0.2, -0.15) is 0 Å². The van der Waals surface area contributed by atoms with Gasteiger partial charge in [0.25, 0.3) is 0 Å². The highest BCUT2D eigenvalue weighted by Gasteiger charge is 2.59. The minimum atomic E-state index is -1.13. The van der Waals surface area contributed by atoms with E-state index in [0.29, 0.717) is 32.5 Å². The summed E-state index contributed by atoms with van der Waals surface area (Å²) < 4.78 is 5.20. The molecule has 0 spiro atoms. The number of aliphatic carboxylic acids is 1. The monoisotopic (exact) mass is 201 g/mol. The van der Waals surface area contributed by atoms with Crippen LogP contribution in [0.2, 0.25) is 0 Å². The Bertz CT molecular complexity index is 243. The number of nitrogens with one attached hydrogen (secondary N) is 1. The lowest BCUT2D eigenvalue weighted by Crippen LogP contribution is -2.72. The first-order valence-electron chi connectivity index (χ1n) is 4.85. The highest BCUT2D eigenvalue weighted by atomic mass is 16.5. The Morgan fingerprint density at radius 3 is 2.50 bits per heavy atom. The van der Waals surface area contributed by atoms with E-state index in [4.69, 9.17) is 4.74 Å². The molecule has 80 valence electrons. The molecule has 2 saturated heterocycles. The van der Waals surface area contributed by atoms with Crippen LogP contribution < -0.4 is 5.32 Å². The second kappa shape index (κ2) is 3.18. The molecule has 0 aromatic heterocycles. The molecule has 5 nitrogen and oxygen atoms in total. The fourth-order valence-corrected chi connectivity index (χ4v) is 2.23. The van der Waals surface area contributed by atoms with Crippen LogP contribution >= 0.6 is 0 Å². The van der Waals surface area contributed by atoms with E-state index in [2.05, 4.69) is 5.32 Å². The maximum atomic E-state index is 11.2. The number of carbonyl (C=O) groups is 1. The largest absolute Gasteiger partial charge is 0.481 e. The first kappa shape index (κ1) is 9.89. The Kier molecular flexibility index (Phi) is 2.25. The van der Waals surface area contributed by atoms with Crippen molar-refractivity contribution in [2.24, 2.45) is 5.41 Å². The Morgan fingerprint density at radius 1 is 1.43 bits per heavy atom. The number of carboxylic acids is 1. The summed E-state index contributed by atoms with van der Waals surface area (Å²) in [5, 5.41) is 22.3. The third kappa shape index (κ3) is 1.16. The van der Waals surface area contributed by atoms with Gasteiger partial charge in [0.1, 0.15) is 11.0 Å². The summed E-state index contributed by atoms with van der Waals surface area (Å²) in [5.74, 6) is -0.943. The maximum absolute atomic E-state index is 11.2. The van der Waals surface area contributed by atoms with Crippen LogP contribution in [0.3, 0.4) is 0 Å². The minimum Gasteiger partial charge on any atom is -0.481 e. The van der Waals surface area contributed by atoms with Crippen LogP contribution in [0.1, 0.15) is 12.8 Å². The molecule has 14 heavy (non-hydrogen) atoms. The molecule has 0 aliphatic carbocycles. The molecule has 0 saturated carbocycles. The van der Waals surface area contributed by atoms with Crippen molar-refractivity contribution in [1.82, 2.24) is 5.32 Å². The molecule has 0 radical (unpaired) electrons. The van der Waals surface area contributed by atoms with E-state index in [0.717, 1.165) is 0 Å². The summed E-state index contributed by atoms with van der Waals surface area (Å²) in [4.78, 5) is 11.2. The van der Waals surface area contributed by atoms with Crippen molar-refractivity contribution in [3.8, 4) is 0 Å². The lowest BCUT2D eigenvalue weighted by Gasteiger charge is -2.51. The number of β-amino-alcohol motifs (C(OH)–C–C–N with tert-alkyl or cyclic N) is 1. The normalized spacial score (nSPS) is 36.1. The summed E-state index contributed by atoms with van der Waals surface area (Å²) in [6.07, 6.45) is 1.20. The van der Waals surface area contributed by atoms with Crippen LogP contribution in [0.4, 0.5) is 0 Å². The Morgan fingerprint density at radius 2 is 2.14 bits per heavy atom. The molecule has 0 amide bonds. The average Bonchev–Trinajstić information content (AvgIpc) is 2.15. The van der Waals surface area contributed by atoms with Crippen LogP contribution in [-0.4, -0.2) is 48.1 Å². The van der Waals surface area contributed by atoms with E-state index in [1.54, 1.807) is 0 Å². The van der Waals surface area contributed by atoms with E-state index in [9.17, 15) is 15.0 Å². The molecule has 0 aromatic carbocycles. The summed E-state index contributed by atoms with van der Waals surface area (Å²) >= 11 is 0. The molecule has 1 unspecified atom stereocenters. The number of ether oxygens (including phenoxy) is 1. The van der Waals surface area contributed by atoms with Gasteiger partial charge in [0.15, 0.2) is 0 Å². The van der Waals surface area contributed by atoms with Crippen molar-refractivity contribution in [2.75, 3.05) is 26.3 Å². The third-order valence-corrected chi connectivity index (χ3v) is 3.38. The maximum Gasteiger partial charge on any atom is 0.315 e. The smallest absolute Gasteiger partial charge is 0.315 e. The van der Waals surface area contributed by atoms with Gasteiger partial charge in [-0.1, -0.05) is 0 Å². The molecular formula is C9H15NO4. The second-order valence-electron chi connectivity index (χ2n) is 4.18.